The average molecular weight is 350 g/mol. The van der Waals surface area contributed by atoms with Crippen LogP contribution in [0.15, 0.2) is 30.3 Å². The third-order valence-corrected chi connectivity index (χ3v) is 4.40. The zero-order valence-electron chi connectivity index (χ0n) is 15.3. The van der Waals surface area contributed by atoms with Crippen LogP contribution in [0.5, 0.6) is 0 Å². The van der Waals surface area contributed by atoms with Crippen LogP contribution < -0.4 is 0 Å². The summed E-state index contributed by atoms with van der Waals surface area (Å²) >= 11 is 0. The minimum Gasteiger partial charge on any atom is -0.450 e. The number of benzene rings is 1. The van der Waals surface area contributed by atoms with Crippen LogP contribution in [0.4, 0.5) is 4.79 Å². The molecule has 6 nitrogen and oxygen atoms in total. The molecule has 1 aliphatic heterocycles. The van der Waals surface area contributed by atoms with Gasteiger partial charge in [-0.15, -0.1) is 0 Å². The van der Waals surface area contributed by atoms with Gasteiger partial charge in [-0.25, -0.2) is 4.79 Å². The van der Waals surface area contributed by atoms with E-state index in [4.69, 9.17) is 9.47 Å². The van der Waals surface area contributed by atoms with Gasteiger partial charge in [0.25, 0.3) is 0 Å². The van der Waals surface area contributed by atoms with Crippen LogP contribution in [0, 0.1) is 0 Å². The molecule has 25 heavy (non-hydrogen) atoms. The van der Waals surface area contributed by atoms with E-state index in [1.54, 1.807) is 4.90 Å². The van der Waals surface area contributed by atoms with Crippen LogP contribution in [0.25, 0.3) is 0 Å². The highest BCUT2D eigenvalue weighted by atomic mass is 16.6. The third-order valence-electron chi connectivity index (χ3n) is 4.40. The zero-order valence-corrected chi connectivity index (χ0v) is 15.3. The van der Waals surface area contributed by atoms with Crippen molar-refractivity contribution in [2.45, 2.75) is 32.5 Å². The average Bonchev–Trinajstić information content (AvgIpc) is 2.64. The Morgan fingerprint density at radius 3 is 2.44 bits per heavy atom. The molecule has 6 heteroatoms. The van der Waals surface area contributed by atoms with Gasteiger partial charge in [-0.1, -0.05) is 37.3 Å². The molecule has 1 heterocycles. The molecule has 1 N–H and O–H groups in total. The van der Waals surface area contributed by atoms with Crippen LogP contribution >= 0.6 is 0 Å². The van der Waals surface area contributed by atoms with E-state index < -0.39 is 6.10 Å². The molecule has 0 radical (unpaired) electrons. The van der Waals surface area contributed by atoms with Crippen molar-refractivity contribution in [1.29, 1.82) is 0 Å². The van der Waals surface area contributed by atoms with Crippen LogP contribution in [-0.4, -0.2) is 73.0 Å². The van der Waals surface area contributed by atoms with Gasteiger partial charge in [0.05, 0.1) is 25.4 Å². The third kappa shape index (κ3) is 6.30. The number of carbonyl (C=O) groups excluding carboxylic acids is 1. The first kappa shape index (κ1) is 19.7. The lowest BCUT2D eigenvalue weighted by atomic mass is 10.1. The summed E-state index contributed by atoms with van der Waals surface area (Å²) in [7, 11) is 0. The maximum Gasteiger partial charge on any atom is 0.409 e. The molecule has 0 bridgehead atoms. The second kappa shape index (κ2) is 10.4. The standard InChI is InChI=1S/C19H30N2O4/c1-3-18(16-8-6-5-7-9-16)25-15-17(22)14-20-10-12-21(13-11-20)19(23)24-4-2/h5-9,17-18,22H,3-4,10-15H2,1-2H3/t17-,18-/m1/s1. The Labute approximate surface area is 150 Å². The molecule has 0 aromatic heterocycles. The number of carbonyl (C=O) groups is 1. The van der Waals surface area contributed by atoms with Crippen molar-refractivity contribution in [3.63, 3.8) is 0 Å². The number of nitrogens with zero attached hydrogens (tertiary/aromatic N) is 2. The van der Waals surface area contributed by atoms with Crippen molar-refractivity contribution >= 4 is 6.09 Å². The van der Waals surface area contributed by atoms with Crippen LogP contribution in [0.3, 0.4) is 0 Å². The van der Waals surface area contributed by atoms with Crippen molar-refractivity contribution in [2.75, 3.05) is 45.9 Å². The summed E-state index contributed by atoms with van der Waals surface area (Å²) in [5, 5.41) is 10.3. The second-order valence-electron chi connectivity index (χ2n) is 6.28. The summed E-state index contributed by atoms with van der Waals surface area (Å²) in [5.41, 5.74) is 1.14. The van der Waals surface area contributed by atoms with Gasteiger partial charge in [-0.3, -0.25) is 4.90 Å². The number of amides is 1. The van der Waals surface area contributed by atoms with Gasteiger partial charge >= 0.3 is 6.09 Å². The summed E-state index contributed by atoms with van der Waals surface area (Å²) in [6, 6.07) is 10.1. The van der Waals surface area contributed by atoms with Crippen LogP contribution in [0.1, 0.15) is 31.9 Å². The molecule has 1 aromatic rings. The number of ether oxygens (including phenoxy) is 2. The monoisotopic (exact) mass is 350 g/mol. The van der Waals surface area contributed by atoms with Gasteiger partial charge in [0.2, 0.25) is 0 Å². The molecule has 0 unspecified atom stereocenters. The first-order chi connectivity index (χ1) is 12.1. The lowest BCUT2D eigenvalue weighted by molar-refractivity contribution is -0.0279. The van der Waals surface area contributed by atoms with E-state index in [-0.39, 0.29) is 12.2 Å². The summed E-state index contributed by atoms with van der Waals surface area (Å²) in [4.78, 5) is 15.6. The molecule has 1 saturated heterocycles. The summed E-state index contributed by atoms with van der Waals surface area (Å²) in [6.07, 6.45) is 0.0951. The van der Waals surface area contributed by atoms with Gasteiger partial charge < -0.3 is 19.5 Å². The number of aliphatic hydroxyl groups is 1. The Bertz CT molecular complexity index is 503. The molecular formula is C19H30N2O4. The second-order valence-corrected chi connectivity index (χ2v) is 6.28. The quantitative estimate of drug-likeness (QED) is 0.779. The first-order valence-corrected chi connectivity index (χ1v) is 9.12. The SMILES string of the molecule is CCOC(=O)N1CCN(C[C@@H](O)CO[C@H](CC)c2ccccc2)CC1. The Morgan fingerprint density at radius 1 is 1.16 bits per heavy atom. The Morgan fingerprint density at radius 2 is 1.84 bits per heavy atom. The summed E-state index contributed by atoms with van der Waals surface area (Å²) < 4.78 is 10.9. The van der Waals surface area contributed by atoms with Crippen molar-refractivity contribution in [3.05, 3.63) is 35.9 Å². The van der Waals surface area contributed by atoms with E-state index in [1.807, 2.05) is 25.1 Å². The number of hydrogen-bond acceptors (Lipinski definition) is 5. The highest BCUT2D eigenvalue weighted by Crippen LogP contribution is 2.20. The maximum atomic E-state index is 11.7. The number of piperazine rings is 1. The fourth-order valence-corrected chi connectivity index (χ4v) is 3.02. The van der Waals surface area contributed by atoms with E-state index >= 15 is 0 Å². The smallest absolute Gasteiger partial charge is 0.409 e. The molecule has 0 aliphatic carbocycles. The molecule has 1 aromatic carbocycles. The maximum absolute atomic E-state index is 11.7. The van der Waals surface area contributed by atoms with Crippen LogP contribution in [-0.2, 0) is 9.47 Å². The normalized spacial score (nSPS) is 18.0. The Balaban J connectivity index is 1.70. The number of β-amino-alcohol motifs (C(OH)–C–C–N with tert-alkyl or cyclic N) is 1. The Kier molecular flexibility index (Phi) is 8.18. The van der Waals surface area contributed by atoms with Gasteiger partial charge in [-0.2, -0.15) is 0 Å². The number of hydrogen-bond donors (Lipinski definition) is 1. The minimum atomic E-state index is -0.535. The molecule has 140 valence electrons. The fourth-order valence-electron chi connectivity index (χ4n) is 3.02. The molecule has 0 saturated carbocycles. The number of rotatable bonds is 8. The topological polar surface area (TPSA) is 62.2 Å². The van der Waals surface area contributed by atoms with E-state index in [9.17, 15) is 9.90 Å². The van der Waals surface area contributed by atoms with Crippen molar-refractivity contribution in [3.8, 4) is 0 Å². The molecule has 1 fully saturated rings. The van der Waals surface area contributed by atoms with Crippen molar-refractivity contribution in [2.24, 2.45) is 0 Å². The largest absolute Gasteiger partial charge is 0.450 e. The predicted octanol–water partition coefficient (Wildman–Crippen LogP) is 2.29. The van der Waals surface area contributed by atoms with Gasteiger partial charge in [-0.05, 0) is 18.9 Å². The highest BCUT2D eigenvalue weighted by molar-refractivity contribution is 5.67. The molecule has 0 spiro atoms. The van der Waals surface area contributed by atoms with Crippen molar-refractivity contribution < 1.29 is 19.4 Å². The van der Waals surface area contributed by atoms with Gasteiger partial charge in [0.1, 0.15) is 0 Å². The summed E-state index contributed by atoms with van der Waals surface area (Å²) in [6.45, 7) is 7.91. The molecule has 2 atom stereocenters. The van der Waals surface area contributed by atoms with E-state index in [1.165, 1.54) is 0 Å². The van der Waals surface area contributed by atoms with Crippen LogP contribution in [0.2, 0.25) is 0 Å². The van der Waals surface area contributed by atoms with E-state index in [0.717, 1.165) is 25.1 Å². The zero-order chi connectivity index (χ0) is 18.1. The Hall–Kier alpha value is -1.63. The molecule has 1 aliphatic rings. The van der Waals surface area contributed by atoms with E-state index in [2.05, 4.69) is 24.0 Å². The van der Waals surface area contributed by atoms with E-state index in [0.29, 0.717) is 32.8 Å². The molecule has 1 amide bonds. The summed E-state index contributed by atoms with van der Waals surface area (Å²) in [5.74, 6) is 0. The molecule has 2 rings (SSSR count). The lowest BCUT2D eigenvalue weighted by Crippen LogP contribution is -2.51. The first-order valence-electron chi connectivity index (χ1n) is 9.12. The fraction of sp³-hybridized carbons (Fsp3) is 0.632. The lowest BCUT2D eigenvalue weighted by Gasteiger charge is -2.35. The molecular weight excluding hydrogens is 320 g/mol. The number of aliphatic hydroxyl groups excluding tert-OH is 1. The van der Waals surface area contributed by atoms with Crippen molar-refractivity contribution in [1.82, 2.24) is 9.80 Å². The highest BCUT2D eigenvalue weighted by Gasteiger charge is 2.23. The predicted molar refractivity (Wildman–Crippen MR) is 96.5 cm³/mol. The minimum absolute atomic E-state index is 0.0107. The van der Waals surface area contributed by atoms with Gasteiger partial charge in [0.15, 0.2) is 0 Å². The van der Waals surface area contributed by atoms with Gasteiger partial charge in [0, 0.05) is 32.7 Å².